The Morgan fingerprint density at radius 2 is 2.25 bits per heavy atom. The standard InChI is InChI=1S/C10H21NO/c1-4-9-7-11-5-6-12-10(9)8(2)3/h8-11H,4-7H2,1-3H3. The summed E-state index contributed by atoms with van der Waals surface area (Å²) in [5.74, 6) is 1.35. The molecule has 1 aliphatic heterocycles. The lowest BCUT2D eigenvalue weighted by Gasteiger charge is -2.26. The Labute approximate surface area is 75.7 Å². The molecule has 1 aliphatic rings. The van der Waals surface area contributed by atoms with E-state index in [4.69, 9.17) is 4.74 Å². The second-order valence-electron chi connectivity index (χ2n) is 3.95. The van der Waals surface area contributed by atoms with Gasteiger partial charge in [-0.1, -0.05) is 20.8 Å². The first-order chi connectivity index (χ1) is 5.75. The van der Waals surface area contributed by atoms with Crippen LogP contribution in [0, 0.1) is 11.8 Å². The van der Waals surface area contributed by atoms with Crippen molar-refractivity contribution < 1.29 is 4.74 Å². The van der Waals surface area contributed by atoms with Gasteiger partial charge in [-0.05, 0) is 18.3 Å². The molecule has 0 aromatic rings. The molecule has 0 aromatic carbocycles. The summed E-state index contributed by atoms with van der Waals surface area (Å²) in [7, 11) is 0. The molecule has 72 valence electrons. The van der Waals surface area contributed by atoms with Gasteiger partial charge in [-0.25, -0.2) is 0 Å². The third kappa shape index (κ3) is 2.46. The summed E-state index contributed by atoms with van der Waals surface area (Å²) in [6.45, 7) is 9.76. The molecule has 0 aromatic heterocycles. The van der Waals surface area contributed by atoms with Crippen molar-refractivity contribution in [3.63, 3.8) is 0 Å². The van der Waals surface area contributed by atoms with Crippen LogP contribution in [0.4, 0.5) is 0 Å². The van der Waals surface area contributed by atoms with Gasteiger partial charge in [-0.2, -0.15) is 0 Å². The highest BCUT2D eigenvalue weighted by atomic mass is 16.5. The van der Waals surface area contributed by atoms with Gasteiger partial charge in [0.15, 0.2) is 0 Å². The Hall–Kier alpha value is -0.0800. The van der Waals surface area contributed by atoms with Crippen LogP contribution in [-0.2, 0) is 4.74 Å². The Morgan fingerprint density at radius 1 is 1.50 bits per heavy atom. The van der Waals surface area contributed by atoms with Crippen molar-refractivity contribution in [3.8, 4) is 0 Å². The van der Waals surface area contributed by atoms with E-state index in [1.807, 2.05) is 0 Å². The number of rotatable bonds is 2. The molecule has 2 heteroatoms. The molecule has 0 radical (unpaired) electrons. The van der Waals surface area contributed by atoms with Crippen molar-refractivity contribution in [3.05, 3.63) is 0 Å². The second-order valence-corrected chi connectivity index (χ2v) is 3.95. The van der Waals surface area contributed by atoms with E-state index < -0.39 is 0 Å². The third-order valence-corrected chi connectivity index (χ3v) is 2.64. The first kappa shape index (κ1) is 10.0. The van der Waals surface area contributed by atoms with Crippen molar-refractivity contribution >= 4 is 0 Å². The average Bonchev–Trinajstić information content (AvgIpc) is 2.27. The summed E-state index contributed by atoms with van der Waals surface area (Å²) in [5.41, 5.74) is 0. The molecule has 1 N–H and O–H groups in total. The van der Waals surface area contributed by atoms with Crippen molar-refractivity contribution in [1.82, 2.24) is 5.32 Å². The van der Waals surface area contributed by atoms with Gasteiger partial charge in [0, 0.05) is 13.1 Å². The molecule has 1 heterocycles. The van der Waals surface area contributed by atoms with E-state index in [2.05, 4.69) is 26.1 Å². The largest absolute Gasteiger partial charge is 0.376 e. The van der Waals surface area contributed by atoms with Gasteiger partial charge in [0.05, 0.1) is 12.7 Å². The summed E-state index contributed by atoms with van der Waals surface area (Å²) in [6, 6.07) is 0. The smallest absolute Gasteiger partial charge is 0.0638 e. The highest BCUT2D eigenvalue weighted by Crippen LogP contribution is 2.20. The molecule has 12 heavy (non-hydrogen) atoms. The molecule has 0 saturated carbocycles. The lowest BCUT2D eigenvalue weighted by Crippen LogP contribution is -2.31. The monoisotopic (exact) mass is 171 g/mol. The van der Waals surface area contributed by atoms with E-state index in [0.29, 0.717) is 17.9 Å². The summed E-state index contributed by atoms with van der Waals surface area (Å²) >= 11 is 0. The van der Waals surface area contributed by atoms with Crippen molar-refractivity contribution in [1.29, 1.82) is 0 Å². The Balaban J connectivity index is 2.51. The van der Waals surface area contributed by atoms with E-state index in [1.165, 1.54) is 6.42 Å². The van der Waals surface area contributed by atoms with Gasteiger partial charge in [-0.3, -0.25) is 0 Å². The zero-order valence-corrected chi connectivity index (χ0v) is 8.47. The maximum Gasteiger partial charge on any atom is 0.0638 e. The van der Waals surface area contributed by atoms with E-state index >= 15 is 0 Å². The van der Waals surface area contributed by atoms with Gasteiger partial charge in [0.1, 0.15) is 0 Å². The van der Waals surface area contributed by atoms with E-state index in [9.17, 15) is 0 Å². The topological polar surface area (TPSA) is 21.3 Å². The predicted octanol–water partition coefficient (Wildman–Crippen LogP) is 1.66. The normalized spacial score (nSPS) is 32.0. The molecule has 2 unspecified atom stereocenters. The molecule has 2 atom stereocenters. The second kappa shape index (κ2) is 4.83. The summed E-state index contributed by atoms with van der Waals surface area (Å²) in [4.78, 5) is 0. The molecule has 0 spiro atoms. The Kier molecular flexibility index (Phi) is 4.02. The minimum atomic E-state index is 0.463. The van der Waals surface area contributed by atoms with E-state index in [-0.39, 0.29) is 0 Å². The summed E-state index contributed by atoms with van der Waals surface area (Å²) < 4.78 is 5.81. The minimum Gasteiger partial charge on any atom is -0.376 e. The van der Waals surface area contributed by atoms with Crippen LogP contribution in [-0.4, -0.2) is 25.8 Å². The fourth-order valence-electron chi connectivity index (χ4n) is 1.92. The van der Waals surface area contributed by atoms with Crippen LogP contribution in [0.25, 0.3) is 0 Å². The lowest BCUT2D eigenvalue weighted by atomic mass is 9.91. The molecule has 0 bridgehead atoms. The van der Waals surface area contributed by atoms with Crippen molar-refractivity contribution in [2.75, 3.05) is 19.7 Å². The molecule has 2 nitrogen and oxygen atoms in total. The van der Waals surface area contributed by atoms with E-state index in [0.717, 1.165) is 19.7 Å². The highest BCUT2D eigenvalue weighted by molar-refractivity contribution is 4.76. The number of hydrogen-bond acceptors (Lipinski definition) is 2. The molecule has 1 saturated heterocycles. The molecule has 0 aliphatic carbocycles. The van der Waals surface area contributed by atoms with Crippen LogP contribution in [0.1, 0.15) is 27.2 Å². The summed E-state index contributed by atoms with van der Waals surface area (Å²) in [5, 5.41) is 3.41. The zero-order chi connectivity index (χ0) is 8.97. The highest BCUT2D eigenvalue weighted by Gasteiger charge is 2.25. The first-order valence-electron chi connectivity index (χ1n) is 5.08. The van der Waals surface area contributed by atoms with Crippen LogP contribution >= 0.6 is 0 Å². The van der Waals surface area contributed by atoms with Crippen molar-refractivity contribution in [2.24, 2.45) is 11.8 Å². The third-order valence-electron chi connectivity index (χ3n) is 2.64. The molecular weight excluding hydrogens is 150 g/mol. The fourth-order valence-corrected chi connectivity index (χ4v) is 1.92. The van der Waals surface area contributed by atoms with Crippen LogP contribution in [0.3, 0.4) is 0 Å². The minimum absolute atomic E-state index is 0.463. The lowest BCUT2D eigenvalue weighted by molar-refractivity contribution is -0.000859. The summed E-state index contributed by atoms with van der Waals surface area (Å²) in [6.07, 6.45) is 1.68. The molecule has 0 amide bonds. The maximum atomic E-state index is 5.81. The van der Waals surface area contributed by atoms with Crippen LogP contribution in [0.15, 0.2) is 0 Å². The van der Waals surface area contributed by atoms with Gasteiger partial charge in [0.2, 0.25) is 0 Å². The van der Waals surface area contributed by atoms with Gasteiger partial charge in [-0.15, -0.1) is 0 Å². The molecular formula is C10H21NO. The van der Waals surface area contributed by atoms with Gasteiger partial charge >= 0.3 is 0 Å². The number of nitrogens with one attached hydrogen (secondary N) is 1. The first-order valence-corrected chi connectivity index (χ1v) is 5.08. The van der Waals surface area contributed by atoms with Crippen LogP contribution in [0.2, 0.25) is 0 Å². The molecule has 1 fully saturated rings. The average molecular weight is 171 g/mol. The number of hydrogen-bond donors (Lipinski definition) is 1. The Morgan fingerprint density at radius 3 is 2.83 bits per heavy atom. The predicted molar refractivity (Wildman–Crippen MR) is 51.2 cm³/mol. The SMILES string of the molecule is CCC1CNCCOC1C(C)C. The van der Waals surface area contributed by atoms with Crippen LogP contribution < -0.4 is 5.32 Å². The van der Waals surface area contributed by atoms with Gasteiger partial charge < -0.3 is 10.1 Å². The van der Waals surface area contributed by atoms with E-state index in [1.54, 1.807) is 0 Å². The van der Waals surface area contributed by atoms with Crippen molar-refractivity contribution in [2.45, 2.75) is 33.3 Å². The fraction of sp³-hybridized carbons (Fsp3) is 1.00. The zero-order valence-electron chi connectivity index (χ0n) is 8.47. The number of ether oxygens (including phenoxy) is 1. The quantitative estimate of drug-likeness (QED) is 0.682. The Bertz CT molecular complexity index is 125. The van der Waals surface area contributed by atoms with Crippen LogP contribution in [0.5, 0.6) is 0 Å². The van der Waals surface area contributed by atoms with Gasteiger partial charge in [0.25, 0.3) is 0 Å². The maximum absolute atomic E-state index is 5.81. The molecule has 1 rings (SSSR count).